The second-order valence-electron chi connectivity index (χ2n) is 30.9. The van der Waals surface area contributed by atoms with E-state index in [-0.39, 0.29) is 29.8 Å². The molecule has 0 bridgehead atoms. The number of anilines is 2. The van der Waals surface area contributed by atoms with Crippen LogP contribution in [0, 0.1) is 11.6 Å². The molecular weight excluding hydrogens is 1980 g/mol. The number of methoxy groups -OCH3 is 5. The third-order valence-electron chi connectivity index (χ3n) is 16.7. The number of phenolic OH excluding ortho intramolecular Hbond substituents is 1. The fraction of sp³-hybridized carbons (Fsp3) is 0.344. The minimum atomic E-state index is -0.685. The molecule has 0 spiro atoms. The molecule has 8 N–H and O–H groups in total. The van der Waals surface area contributed by atoms with Crippen LogP contribution < -0.4 is 32.0 Å². The first kappa shape index (κ1) is 110. The van der Waals surface area contributed by atoms with E-state index in [0.717, 1.165) is 125 Å². The summed E-state index contributed by atoms with van der Waals surface area (Å²) in [6.45, 7) is 26.1. The summed E-state index contributed by atoms with van der Waals surface area (Å²) in [5.74, 6) is -0.213. The zero-order chi connectivity index (χ0) is 96.2. The topological polar surface area (TPSA) is 357 Å². The Morgan fingerprint density at radius 2 is 0.908 bits per heavy atom. The third kappa shape index (κ3) is 40.9. The molecule has 0 fully saturated rings. The fourth-order valence-electron chi connectivity index (χ4n) is 10.6. The van der Waals surface area contributed by atoms with E-state index < -0.39 is 28.4 Å². The number of halogens is 7. The number of nitrogens with two attached hydrogens (primary N) is 3. The number of nitrogen functional groups attached to an aromatic ring is 2. The van der Waals surface area contributed by atoms with Crippen LogP contribution >= 0.6 is 105 Å². The summed E-state index contributed by atoms with van der Waals surface area (Å²) in [6, 6.07) is 38.4. The zero-order valence-corrected chi connectivity index (χ0v) is 84.4. The van der Waals surface area contributed by atoms with Crippen LogP contribution in [0.1, 0.15) is 97.9 Å². The Morgan fingerprint density at radius 3 is 1.31 bits per heavy atom. The van der Waals surface area contributed by atoms with Crippen LogP contribution in [-0.4, -0.2) is 189 Å². The molecule has 0 unspecified atom stereocenters. The molecule has 0 aliphatic carbocycles. The molecule has 704 valence electrons. The summed E-state index contributed by atoms with van der Waals surface area (Å²) >= 11 is 26.5. The van der Waals surface area contributed by atoms with Crippen molar-refractivity contribution < 1.29 is 70.9 Å². The predicted molar refractivity (Wildman–Crippen MR) is 530 cm³/mol. The highest BCUT2D eigenvalue weighted by Crippen LogP contribution is 2.40. The van der Waals surface area contributed by atoms with Gasteiger partial charge in [0.05, 0.1) is 121 Å². The molecule has 0 saturated carbocycles. The second-order valence-corrected chi connectivity index (χ2v) is 37.2. The van der Waals surface area contributed by atoms with Crippen molar-refractivity contribution in [3.8, 4) is 44.1 Å². The van der Waals surface area contributed by atoms with Crippen LogP contribution in [0.15, 0.2) is 202 Å². The lowest BCUT2D eigenvalue weighted by atomic mass is 10.2. The van der Waals surface area contributed by atoms with Gasteiger partial charge in [-0.3, -0.25) is 24.9 Å². The molecular formula is C93H112Br3Cl2F2N15O13S3. The number of aromatic hydroxyl groups is 1. The Kier molecular flexibility index (Phi) is 47.5. The zero-order valence-electron chi connectivity index (χ0n) is 75.7. The van der Waals surface area contributed by atoms with Gasteiger partial charge in [0.15, 0.2) is 23.1 Å². The Labute approximate surface area is 810 Å². The van der Waals surface area contributed by atoms with Crippen molar-refractivity contribution in [1.29, 1.82) is 0 Å². The fourth-order valence-corrected chi connectivity index (χ4v) is 14.7. The van der Waals surface area contributed by atoms with E-state index in [2.05, 4.69) is 97.7 Å². The first-order chi connectivity index (χ1) is 62.3. The van der Waals surface area contributed by atoms with E-state index in [1.165, 1.54) is 41.2 Å². The summed E-state index contributed by atoms with van der Waals surface area (Å²) < 4.78 is 78.6. The number of carbonyl (C=O) groups is 3. The average Bonchev–Trinajstić information content (AvgIpc) is 1.66. The van der Waals surface area contributed by atoms with Crippen molar-refractivity contribution in [2.45, 2.75) is 119 Å². The van der Waals surface area contributed by atoms with E-state index in [0.29, 0.717) is 87.8 Å². The average molecular weight is 2090 g/mol. The standard InChI is InChI=1S/C27H29FN4O3S.C21H24ClN3O3S.C14H21BrN2O3.C9H13BrN2O.C7H4ClNS.C6H6BrNO.C6H6FNO.C3H9NO/c1-5-12-32(26(33)35-27(2,3)4)16-17-6-8-20(31-15-17)24-14-21-25(36-24)23(10-11-30-21)34-22-9-7-18(29)13-19(22)28;1-21(2,3)28-20(26)25(9-10-27-4)13-14-5-6-16(24-12-14)18-11-17-19(29-18)15(22)7-8-23-17;1-14(2,3)20-13(18)17(7-8-19-4)10-11-5-6-12(15)16-9-11;1-13-5-4-11-6-8-2-3-9(10)12-7-8;8-5-1-3-9-6-2-4-10-7(5)6;1-9-5-2-3-6(7)8-4-5;7-5-3-4(8)1-2-6(5)9;1-5-3-2-4/h6-11,13-15H,5,12,16,29H2,1-4H3;5-8,11-12H,9-10,13H2,1-4H3;5-6,9H,7-8,10H2,1-4H3;2-3,7,11H,4-6H2,1H3;1-4H;2-4H,1H3;1-3,9H,8H2;2-4H2,1H3. The minimum Gasteiger partial charge on any atom is -0.505 e. The lowest BCUT2D eigenvalue weighted by molar-refractivity contribution is 0.0175. The van der Waals surface area contributed by atoms with E-state index in [1.807, 2.05) is 160 Å². The molecule has 38 heteroatoms. The van der Waals surface area contributed by atoms with Crippen molar-refractivity contribution in [1.82, 2.24) is 59.9 Å². The maximum atomic E-state index is 14.3. The number of nitrogens with zero attached hydrogens (tertiary/aromatic N) is 11. The predicted octanol–water partition coefficient (Wildman–Crippen LogP) is 22.7. The highest BCUT2D eigenvalue weighted by molar-refractivity contribution is 9.11. The number of aromatic nitrogens is 8. The van der Waals surface area contributed by atoms with Gasteiger partial charge in [-0.15, -0.1) is 34.0 Å². The van der Waals surface area contributed by atoms with Gasteiger partial charge in [0.25, 0.3) is 0 Å². The van der Waals surface area contributed by atoms with E-state index in [9.17, 15) is 23.2 Å². The molecule has 0 saturated heterocycles. The number of pyridine rings is 8. The Hall–Kier alpha value is -10.0. The number of hydrogen-bond donors (Lipinski definition) is 5. The number of fused-ring (bicyclic) bond motifs is 3. The number of rotatable bonds is 26. The van der Waals surface area contributed by atoms with Crippen LogP contribution in [0.4, 0.5) is 34.5 Å². The first-order valence-electron chi connectivity index (χ1n) is 40.8. The van der Waals surface area contributed by atoms with Gasteiger partial charge in [-0.2, -0.15) is 0 Å². The molecule has 131 heavy (non-hydrogen) atoms. The van der Waals surface area contributed by atoms with Crippen molar-refractivity contribution in [2.75, 3.05) is 106 Å². The summed E-state index contributed by atoms with van der Waals surface area (Å²) in [6.07, 6.45) is 13.6. The Morgan fingerprint density at radius 1 is 0.473 bits per heavy atom. The third-order valence-corrected chi connectivity index (χ3v) is 22.2. The number of ether oxygens (including phenoxy) is 9. The molecule has 13 aromatic rings. The number of benzene rings is 2. The molecule has 0 aliphatic heterocycles. The number of carbonyl (C=O) groups excluding carboxylic acids is 3. The number of amides is 3. The monoisotopic (exact) mass is 2090 g/mol. The van der Waals surface area contributed by atoms with Crippen molar-refractivity contribution in [3.05, 3.63) is 246 Å². The lowest BCUT2D eigenvalue weighted by Crippen LogP contribution is -2.38. The van der Waals surface area contributed by atoms with Crippen molar-refractivity contribution >= 4 is 165 Å². The summed E-state index contributed by atoms with van der Waals surface area (Å²) in [5.41, 5.74) is 23.0. The maximum absolute atomic E-state index is 14.3. The highest BCUT2D eigenvalue weighted by atomic mass is 79.9. The van der Waals surface area contributed by atoms with Gasteiger partial charge < -0.3 is 85.0 Å². The first-order valence-corrected chi connectivity index (χ1v) is 46.4. The van der Waals surface area contributed by atoms with Crippen molar-refractivity contribution in [2.24, 2.45) is 5.73 Å². The molecule has 11 aromatic heterocycles. The van der Waals surface area contributed by atoms with Gasteiger partial charge >= 0.3 is 18.3 Å². The van der Waals surface area contributed by atoms with Crippen LogP contribution in [0.3, 0.4) is 0 Å². The molecule has 0 aliphatic rings. The van der Waals surface area contributed by atoms with Gasteiger partial charge in [-0.05, 0) is 235 Å². The minimum absolute atomic E-state index is 0.0933. The van der Waals surface area contributed by atoms with Gasteiger partial charge in [0, 0.05) is 141 Å². The summed E-state index contributed by atoms with van der Waals surface area (Å²) in [7, 11) is 8.16. The molecule has 2 aromatic carbocycles. The van der Waals surface area contributed by atoms with Crippen molar-refractivity contribution in [3.63, 3.8) is 0 Å². The highest BCUT2D eigenvalue weighted by Gasteiger charge is 2.26. The SMILES string of the molecule is CCCN(Cc1ccc(-c2cc3nccc(Oc4ccc(N)cc4F)c3s2)nc1)C(=O)OC(C)(C)C.COCCN.COCCN(Cc1ccc(-c2cc3nccc(Cl)c3s2)nc1)C(=O)OC(C)(C)C.COCCN(Cc1ccc(Br)nc1)C(=O)OC(C)(C)C.COCCNCc1ccc(Br)nc1.COc1ccc(Br)nc1.Clc1ccnc2ccsc12.Nc1ccc(O)c(F)c1. The molecule has 28 nitrogen and oxygen atoms in total. The van der Waals surface area contributed by atoms with Gasteiger partial charge in [-0.25, -0.2) is 38.1 Å². The maximum Gasteiger partial charge on any atom is 0.410 e. The molecule has 13 rings (SSSR count). The number of thiophene rings is 3. The largest absolute Gasteiger partial charge is 0.505 e. The quantitative estimate of drug-likeness (QED) is 0.0110. The summed E-state index contributed by atoms with van der Waals surface area (Å²) in [5, 5.41) is 15.3. The molecule has 11 heterocycles. The number of phenols is 1. The van der Waals surface area contributed by atoms with E-state index >= 15 is 0 Å². The normalized spacial score (nSPS) is 10.9. The van der Waals surface area contributed by atoms with Crippen LogP contribution in [-0.2, 0) is 59.3 Å². The molecule has 0 radical (unpaired) electrons. The van der Waals surface area contributed by atoms with Crippen LogP contribution in [0.5, 0.6) is 23.0 Å². The van der Waals surface area contributed by atoms with E-state index in [1.54, 1.807) is 141 Å². The second kappa shape index (κ2) is 56.8. The Balaban J connectivity index is 0.000000248. The lowest BCUT2D eigenvalue weighted by Gasteiger charge is -2.27. The van der Waals surface area contributed by atoms with Gasteiger partial charge in [0.1, 0.15) is 42.1 Å². The number of hydrogen-bond acceptors (Lipinski definition) is 28. The smallest absolute Gasteiger partial charge is 0.410 e. The van der Waals surface area contributed by atoms with Crippen LogP contribution in [0.2, 0.25) is 10.0 Å². The van der Waals surface area contributed by atoms with E-state index in [4.69, 9.17) is 83.4 Å². The molecule has 0 atom stereocenters. The van der Waals surface area contributed by atoms with Gasteiger partial charge in [0.2, 0.25) is 0 Å². The summed E-state index contributed by atoms with van der Waals surface area (Å²) in [4.78, 5) is 78.3. The Bertz CT molecular complexity index is 5600. The van der Waals surface area contributed by atoms with Gasteiger partial charge in [-0.1, -0.05) is 54.4 Å². The molecule has 3 amide bonds. The van der Waals surface area contributed by atoms with Crippen LogP contribution in [0.25, 0.3) is 51.8 Å². The number of nitrogens with one attached hydrogen (secondary N) is 1.